The van der Waals surface area contributed by atoms with Gasteiger partial charge in [-0.3, -0.25) is 9.59 Å². The number of carbonyl (C=O) groups is 2. The van der Waals surface area contributed by atoms with Crippen LogP contribution in [0.5, 0.6) is 5.75 Å². The Morgan fingerprint density at radius 1 is 1.06 bits per heavy atom. The maximum atomic E-state index is 12.6. The summed E-state index contributed by atoms with van der Waals surface area (Å²) >= 11 is 0. The number of nitrogens with zero attached hydrogens (tertiary/aromatic N) is 2. The predicted octanol–water partition coefficient (Wildman–Crippen LogP) is 2.95. The lowest BCUT2D eigenvalue weighted by molar-refractivity contribution is -0.134. The minimum Gasteiger partial charge on any atom is -0.497 e. The molecule has 0 spiro atoms. The summed E-state index contributed by atoms with van der Waals surface area (Å²) < 4.78 is 10.5. The second-order valence-electron chi connectivity index (χ2n) is 7.45. The van der Waals surface area contributed by atoms with E-state index in [2.05, 4.69) is 10.2 Å². The van der Waals surface area contributed by atoms with Crippen molar-refractivity contribution in [2.75, 3.05) is 56.7 Å². The van der Waals surface area contributed by atoms with Crippen LogP contribution in [-0.4, -0.2) is 63.2 Å². The Balaban J connectivity index is 1.47. The van der Waals surface area contributed by atoms with Crippen LogP contribution in [-0.2, 0) is 20.7 Å². The molecule has 2 amide bonds. The monoisotopic (exact) mass is 425 g/mol. The molecule has 0 bridgehead atoms. The van der Waals surface area contributed by atoms with Crippen LogP contribution in [0.25, 0.3) is 0 Å². The quantitative estimate of drug-likeness (QED) is 0.669. The van der Waals surface area contributed by atoms with E-state index in [9.17, 15) is 9.59 Å². The molecule has 1 aliphatic heterocycles. The van der Waals surface area contributed by atoms with Crippen molar-refractivity contribution in [3.63, 3.8) is 0 Å². The Kier molecular flexibility index (Phi) is 8.29. The summed E-state index contributed by atoms with van der Waals surface area (Å²) in [5, 5.41) is 2.89. The van der Waals surface area contributed by atoms with Gasteiger partial charge in [0.25, 0.3) is 0 Å². The van der Waals surface area contributed by atoms with E-state index < -0.39 is 0 Å². The standard InChI is InChI=1S/C24H31N3O4/c1-3-26(24(29)13-6-19-4-11-22(30-2)12-5-19)18-23(28)25-20-7-9-21(10-8-20)27-14-16-31-17-15-27/h4-5,7-12H,3,6,13-18H2,1-2H3,(H,25,28). The van der Waals surface area contributed by atoms with Crippen molar-refractivity contribution in [2.45, 2.75) is 19.8 Å². The molecule has 1 saturated heterocycles. The Morgan fingerprint density at radius 3 is 2.35 bits per heavy atom. The van der Waals surface area contributed by atoms with Gasteiger partial charge in [-0.25, -0.2) is 0 Å². The van der Waals surface area contributed by atoms with Gasteiger partial charge in [0.05, 0.1) is 26.9 Å². The molecule has 1 heterocycles. The lowest BCUT2D eigenvalue weighted by Gasteiger charge is -2.29. The van der Waals surface area contributed by atoms with Crippen LogP contribution in [0, 0.1) is 0 Å². The van der Waals surface area contributed by atoms with Crippen molar-refractivity contribution < 1.29 is 19.1 Å². The molecule has 0 aliphatic carbocycles. The third kappa shape index (κ3) is 6.72. The molecule has 0 radical (unpaired) electrons. The Bertz CT molecular complexity index is 846. The first kappa shape index (κ1) is 22.6. The minimum atomic E-state index is -0.196. The fourth-order valence-corrected chi connectivity index (χ4v) is 3.53. The molecule has 0 unspecified atom stereocenters. The highest BCUT2D eigenvalue weighted by atomic mass is 16.5. The van der Waals surface area contributed by atoms with Crippen LogP contribution in [0.3, 0.4) is 0 Å². The smallest absolute Gasteiger partial charge is 0.243 e. The number of amides is 2. The zero-order chi connectivity index (χ0) is 22.1. The number of nitrogens with one attached hydrogen (secondary N) is 1. The molecule has 7 heteroatoms. The zero-order valence-corrected chi connectivity index (χ0v) is 18.3. The van der Waals surface area contributed by atoms with Gasteiger partial charge < -0.3 is 24.6 Å². The van der Waals surface area contributed by atoms with Gasteiger partial charge in [0.2, 0.25) is 11.8 Å². The van der Waals surface area contributed by atoms with Crippen LogP contribution in [0.2, 0.25) is 0 Å². The number of anilines is 2. The first-order chi connectivity index (χ1) is 15.1. The number of methoxy groups -OCH3 is 1. The van der Waals surface area contributed by atoms with Crippen LogP contribution in [0.4, 0.5) is 11.4 Å². The fourth-order valence-electron chi connectivity index (χ4n) is 3.53. The summed E-state index contributed by atoms with van der Waals surface area (Å²) in [4.78, 5) is 28.9. The number of benzene rings is 2. The van der Waals surface area contributed by atoms with Crippen LogP contribution in [0.15, 0.2) is 48.5 Å². The molecule has 1 fully saturated rings. The molecule has 0 aromatic heterocycles. The van der Waals surface area contributed by atoms with E-state index in [1.807, 2.05) is 55.5 Å². The largest absolute Gasteiger partial charge is 0.497 e. The Morgan fingerprint density at radius 2 is 1.74 bits per heavy atom. The number of ether oxygens (including phenoxy) is 2. The van der Waals surface area contributed by atoms with Crippen molar-refractivity contribution in [1.82, 2.24) is 4.90 Å². The summed E-state index contributed by atoms with van der Waals surface area (Å²) in [6, 6.07) is 15.5. The summed E-state index contributed by atoms with van der Waals surface area (Å²) in [6.07, 6.45) is 0.992. The third-order valence-electron chi connectivity index (χ3n) is 5.38. The van der Waals surface area contributed by atoms with E-state index in [1.54, 1.807) is 12.0 Å². The molecule has 1 N–H and O–H groups in total. The molecule has 0 atom stereocenters. The van der Waals surface area contributed by atoms with Gasteiger partial charge in [-0.15, -0.1) is 0 Å². The first-order valence-corrected chi connectivity index (χ1v) is 10.7. The van der Waals surface area contributed by atoms with E-state index in [0.29, 0.717) is 19.4 Å². The minimum absolute atomic E-state index is 0.0314. The van der Waals surface area contributed by atoms with Gasteiger partial charge in [-0.2, -0.15) is 0 Å². The van der Waals surface area contributed by atoms with Gasteiger partial charge in [0, 0.05) is 37.4 Å². The molecule has 0 saturated carbocycles. The average molecular weight is 426 g/mol. The molecule has 2 aromatic rings. The summed E-state index contributed by atoms with van der Waals surface area (Å²) in [6.45, 7) is 5.63. The van der Waals surface area contributed by atoms with Gasteiger partial charge in [-0.05, 0) is 55.3 Å². The number of hydrogen-bond acceptors (Lipinski definition) is 5. The zero-order valence-electron chi connectivity index (χ0n) is 18.3. The second-order valence-corrected chi connectivity index (χ2v) is 7.45. The Labute approximate surface area is 183 Å². The first-order valence-electron chi connectivity index (χ1n) is 10.7. The SMILES string of the molecule is CCN(CC(=O)Nc1ccc(N2CCOCC2)cc1)C(=O)CCc1ccc(OC)cc1. The summed E-state index contributed by atoms with van der Waals surface area (Å²) in [5.74, 6) is 0.565. The molecular formula is C24H31N3O4. The van der Waals surface area contributed by atoms with E-state index in [1.165, 1.54) is 0 Å². The third-order valence-corrected chi connectivity index (χ3v) is 5.38. The predicted molar refractivity (Wildman–Crippen MR) is 122 cm³/mol. The number of morpholine rings is 1. The summed E-state index contributed by atoms with van der Waals surface area (Å²) in [5.41, 5.74) is 2.91. The van der Waals surface area contributed by atoms with Gasteiger partial charge >= 0.3 is 0 Å². The highest BCUT2D eigenvalue weighted by Gasteiger charge is 2.16. The van der Waals surface area contributed by atoms with Crippen LogP contribution in [0.1, 0.15) is 18.9 Å². The lowest BCUT2D eigenvalue weighted by Crippen LogP contribution is -2.38. The molecule has 7 nitrogen and oxygen atoms in total. The lowest BCUT2D eigenvalue weighted by atomic mass is 10.1. The fraction of sp³-hybridized carbons (Fsp3) is 0.417. The van der Waals surface area contributed by atoms with Crippen molar-refractivity contribution in [3.05, 3.63) is 54.1 Å². The van der Waals surface area contributed by atoms with E-state index >= 15 is 0 Å². The molecule has 31 heavy (non-hydrogen) atoms. The topological polar surface area (TPSA) is 71.1 Å². The molecular weight excluding hydrogens is 394 g/mol. The normalized spacial score (nSPS) is 13.5. The number of likely N-dealkylation sites (N-methyl/N-ethyl adjacent to an activating group) is 1. The van der Waals surface area contributed by atoms with Crippen LogP contribution >= 0.6 is 0 Å². The summed E-state index contributed by atoms with van der Waals surface area (Å²) in [7, 11) is 1.63. The van der Waals surface area contributed by atoms with Crippen molar-refractivity contribution in [3.8, 4) is 5.75 Å². The maximum Gasteiger partial charge on any atom is 0.243 e. The van der Waals surface area contributed by atoms with Gasteiger partial charge in [-0.1, -0.05) is 12.1 Å². The van der Waals surface area contributed by atoms with Crippen molar-refractivity contribution >= 4 is 23.2 Å². The molecule has 166 valence electrons. The van der Waals surface area contributed by atoms with Crippen molar-refractivity contribution in [1.29, 1.82) is 0 Å². The molecule has 2 aromatic carbocycles. The van der Waals surface area contributed by atoms with Crippen LogP contribution < -0.4 is 15.0 Å². The Hall–Kier alpha value is -3.06. The number of carbonyl (C=O) groups excluding carboxylic acids is 2. The average Bonchev–Trinajstić information content (AvgIpc) is 2.82. The number of rotatable bonds is 9. The maximum absolute atomic E-state index is 12.6. The number of aryl methyl sites for hydroxylation is 1. The van der Waals surface area contributed by atoms with E-state index in [0.717, 1.165) is 49.0 Å². The van der Waals surface area contributed by atoms with Crippen molar-refractivity contribution in [2.24, 2.45) is 0 Å². The molecule has 3 rings (SSSR count). The van der Waals surface area contributed by atoms with Gasteiger partial charge in [0.15, 0.2) is 0 Å². The van der Waals surface area contributed by atoms with E-state index in [4.69, 9.17) is 9.47 Å². The number of hydrogen-bond donors (Lipinski definition) is 1. The van der Waals surface area contributed by atoms with E-state index in [-0.39, 0.29) is 18.4 Å². The highest BCUT2D eigenvalue weighted by molar-refractivity contribution is 5.94. The highest BCUT2D eigenvalue weighted by Crippen LogP contribution is 2.19. The van der Waals surface area contributed by atoms with Gasteiger partial charge in [0.1, 0.15) is 5.75 Å². The molecule has 1 aliphatic rings. The second kappa shape index (κ2) is 11.4.